The average Bonchev–Trinajstić information content (AvgIpc) is 1.93. The van der Waals surface area contributed by atoms with Gasteiger partial charge in [0.05, 0.1) is 0 Å². The Morgan fingerprint density at radius 2 is 1.67 bits per heavy atom. The minimum atomic E-state index is 0. The van der Waals surface area contributed by atoms with Crippen molar-refractivity contribution < 1.29 is 29.6 Å². The van der Waals surface area contributed by atoms with Crippen LogP contribution in [0.5, 0.6) is 0 Å². The van der Waals surface area contributed by atoms with Crippen LogP contribution in [0.3, 0.4) is 0 Å². The van der Waals surface area contributed by atoms with E-state index in [9.17, 15) is 0 Å². The fourth-order valence-corrected chi connectivity index (χ4v) is 1.23. The quantitative estimate of drug-likeness (QED) is 0.457. The van der Waals surface area contributed by atoms with E-state index < -0.39 is 0 Å². The van der Waals surface area contributed by atoms with E-state index in [2.05, 4.69) is 26.0 Å². The SMILES string of the molecule is CC(C)Cc1ccc([S-])cc1.[Na+]. The van der Waals surface area contributed by atoms with E-state index in [-0.39, 0.29) is 29.6 Å². The van der Waals surface area contributed by atoms with Crippen LogP contribution in [0.4, 0.5) is 0 Å². The van der Waals surface area contributed by atoms with Crippen LogP contribution < -0.4 is 29.6 Å². The van der Waals surface area contributed by atoms with Crippen molar-refractivity contribution in [2.75, 3.05) is 0 Å². The molecule has 0 heterocycles. The van der Waals surface area contributed by atoms with Crippen molar-refractivity contribution in [2.24, 2.45) is 5.92 Å². The molecule has 1 rings (SSSR count). The second-order valence-corrected chi connectivity index (χ2v) is 3.71. The maximum absolute atomic E-state index is 4.99. The van der Waals surface area contributed by atoms with Gasteiger partial charge in [-0.3, -0.25) is 0 Å². The summed E-state index contributed by atoms with van der Waals surface area (Å²) in [6.45, 7) is 4.45. The first-order valence-corrected chi connectivity index (χ1v) is 4.35. The Hall–Kier alpha value is 0.440. The van der Waals surface area contributed by atoms with Crippen LogP contribution in [0.25, 0.3) is 0 Å². The Morgan fingerprint density at radius 3 is 2.08 bits per heavy atom. The topological polar surface area (TPSA) is 0 Å². The molecule has 0 amide bonds. The number of benzene rings is 1. The van der Waals surface area contributed by atoms with E-state index in [4.69, 9.17) is 12.6 Å². The molecule has 0 nitrogen and oxygen atoms in total. The normalized spacial score (nSPS) is 9.58. The van der Waals surface area contributed by atoms with E-state index in [1.165, 1.54) is 5.56 Å². The molecule has 60 valence electrons. The zero-order chi connectivity index (χ0) is 8.27. The van der Waals surface area contributed by atoms with Crippen molar-refractivity contribution in [2.45, 2.75) is 25.2 Å². The molecule has 0 atom stereocenters. The number of rotatable bonds is 2. The van der Waals surface area contributed by atoms with E-state index >= 15 is 0 Å². The molecule has 1 aromatic carbocycles. The third-order valence-electron chi connectivity index (χ3n) is 1.57. The van der Waals surface area contributed by atoms with Crippen LogP contribution in [0.15, 0.2) is 29.2 Å². The number of hydrogen-bond acceptors (Lipinski definition) is 1. The summed E-state index contributed by atoms with van der Waals surface area (Å²) in [5.41, 5.74) is 1.38. The van der Waals surface area contributed by atoms with Gasteiger partial charge >= 0.3 is 29.6 Å². The summed E-state index contributed by atoms with van der Waals surface area (Å²) in [6.07, 6.45) is 1.15. The molecule has 0 bridgehead atoms. The van der Waals surface area contributed by atoms with Crippen LogP contribution in [0, 0.1) is 5.92 Å². The molecule has 0 radical (unpaired) electrons. The summed E-state index contributed by atoms with van der Waals surface area (Å²) in [5.74, 6) is 0.728. The molecule has 0 N–H and O–H groups in total. The van der Waals surface area contributed by atoms with Crippen LogP contribution in [0.2, 0.25) is 0 Å². The molecule has 0 fully saturated rings. The largest absolute Gasteiger partial charge is 1.00 e. The summed E-state index contributed by atoms with van der Waals surface area (Å²) in [6, 6.07) is 8.21. The van der Waals surface area contributed by atoms with E-state index in [0.29, 0.717) is 0 Å². The van der Waals surface area contributed by atoms with Gasteiger partial charge in [0.25, 0.3) is 0 Å². The zero-order valence-corrected chi connectivity index (χ0v) is 10.8. The minimum Gasteiger partial charge on any atom is -0.780 e. The fourth-order valence-electron chi connectivity index (χ4n) is 1.10. The van der Waals surface area contributed by atoms with Crippen LogP contribution in [0.1, 0.15) is 19.4 Å². The molecule has 0 spiro atoms. The first-order chi connectivity index (χ1) is 5.18. The molecule has 0 aromatic heterocycles. The maximum atomic E-state index is 4.99. The van der Waals surface area contributed by atoms with Gasteiger partial charge in [-0.25, -0.2) is 0 Å². The summed E-state index contributed by atoms with van der Waals surface area (Å²) >= 11 is 4.99. The fraction of sp³-hybridized carbons (Fsp3) is 0.400. The number of hydrogen-bond donors (Lipinski definition) is 0. The molecule has 0 aliphatic heterocycles. The molecule has 1 aromatic rings. The summed E-state index contributed by atoms with van der Waals surface area (Å²) < 4.78 is 0. The van der Waals surface area contributed by atoms with Gasteiger partial charge in [0.2, 0.25) is 0 Å². The van der Waals surface area contributed by atoms with Gasteiger partial charge in [-0.15, -0.1) is 0 Å². The molecule has 0 aliphatic carbocycles. The standard InChI is InChI=1S/C10H14S.Na/c1-8(2)7-9-3-5-10(11)6-4-9;/h3-6,8,11H,7H2,1-2H3;/q;+1/p-1. The predicted octanol–water partition coefficient (Wildman–Crippen LogP) is -0.205. The predicted molar refractivity (Wildman–Crippen MR) is 50.6 cm³/mol. The Labute approximate surface area is 102 Å². The average molecular weight is 188 g/mol. The maximum Gasteiger partial charge on any atom is 1.00 e. The molecule has 12 heavy (non-hydrogen) atoms. The van der Waals surface area contributed by atoms with Gasteiger partial charge in [-0.05, 0) is 17.9 Å². The van der Waals surface area contributed by atoms with E-state index in [1.54, 1.807) is 0 Å². The Kier molecular flexibility index (Phi) is 6.20. The van der Waals surface area contributed by atoms with Gasteiger partial charge in [-0.1, -0.05) is 38.1 Å². The third-order valence-corrected chi connectivity index (χ3v) is 1.84. The Bertz CT molecular complexity index is 216. The first-order valence-electron chi connectivity index (χ1n) is 3.94. The third kappa shape index (κ3) is 4.46. The van der Waals surface area contributed by atoms with Crippen molar-refractivity contribution in [3.05, 3.63) is 29.8 Å². The molecule has 0 aliphatic rings. The molecule has 0 saturated carbocycles. The van der Waals surface area contributed by atoms with E-state index in [1.807, 2.05) is 12.1 Å². The van der Waals surface area contributed by atoms with Crippen molar-refractivity contribution in [1.82, 2.24) is 0 Å². The van der Waals surface area contributed by atoms with Gasteiger partial charge in [0, 0.05) is 0 Å². The van der Waals surface area contributed by atoms with Crippen molar-refractivity contribution in [3.63, 3.8) is 0 Å². The molecule has 2 heteroatoms. The van der Waals surface area contributed by atoms with Gasteiger partial charge in [-0.2, -0.15) is 4.90 Å². The first kappa shape index (κ1) is 12.4. The van der Waals surface area contributed by atoms with Crippen molar-refractivity contribution >= 4 is 12.6 Å². The molecular formula is C10H13NaS. The minimum absolute atomic E-state index is 0. The van der Waals surface area contributed by atoms with Crippen molar-refractivity contribution in [1.29, 1.82) is 0 Å². The smallest absolute Gasteiger partial charge is 0.780 e. The van der Waals surface area contributed by atoms with Gasteiger partial charge in [0.1, 0.15) is 0 Å². The van der Waals surface area contributed by atoms with Gasteiger partial charge in [0.15, 0.2) is 0 Å². The monoisotopic (exact) mass is 188 g/mol. The molecule has 0 saturated heterocycles. The zero-order valence-electron chi connectivity index (χ0n) is 8.00. The summed E-state index contributed by atoms with van der Waals surface area (Å²) in [4.78, 5) is 0.928. The van der Waals surface area contributed by atoms with Crippen LogP contribution in [-0.4, -0.2) is 0 Å². The second kappa shape index (κ2) is 5.98. The van der Waals surface area contributed by atoms with Crippen LogP contribution >= 0.6 is 0 Å². The summed E-state index contributed by atoms with van der Waals surface area (Å²) in [5, 5.41) is 0. The Balaban J connectivity index is 0.00000121. The summed E-state index contributed by atoms with van der Waals surface area (Å²) in [7, 11) is 0. The van der Waals surface area contributed by atoms with Crippen molar-refractivity contribution in [3.8, 4) is 0 Å². The van der Waals surface area contributed by atoms with E-state index in [0.717, 1.165) is 17.2 Å². The van der Waals surface area contributed by atoms with Gasteiger partial charge < -0.3 is 12.6 Å². The molecular weight excluding hydrogens is 175 g/mol. The van der Waals surface area contributed by atoms with Crippen LogP contribution in [-0.2, 0) is 19.0 Å². The molecule has 0 unspecified atom stereocenters. The Morgan fingerprint density at radius 1 is 1.17 bits per heavy atom. The second-order valence-electron chi connectivity index (χ2n) is 3.24.